The normalized spacial score (nSPS) is 32.0. The molecule has 0 N–H and O–H groups in total. The fourth-order valence-corrected chi connectivity index (χ4v) is 3.11. The van der Waals surface area contributed by atoms with Crippen LogP contribution in [0.25, 0.3) is 0 Å². The predicted octanol–water partition coefficient (Wildman–Crippen LogP) is 3.40. The van der Waals surface area contributed by atoms with Crippen molar-refractivity contribution in [2.24, 2.45) is 5.92 Å². The summed E-state index contributed by atoms with van der Waals surface area (Å²) >= 11 is 9.59. The lowest BCUT2D eigenvalue weighted by molar-refractivity contribution is 0.370. The first-order valence-corrected chi connectivity index (χ1v) is 6.58. The van der Waals surface area contributed by atoms with Gasteiger partial charge >= 0.3 is 0 Å². The standard InChI is InChI=1S/C11H11BrClN3/c12-11-14-10-8(13)6-9(16(10)15-11)7-4-2-1-3-5-7/h1-4,7-9H,5-6H2/t7?,8-,9-/m0/s1. The Morgan fingerprint density at radius 3 is 3.06 bits per heavy atom. The minimum absolute atomic E-state index is 0.0110. The van der Waals surface area contributed by atoms with Gasteiger partial charge in [0.2, 0.25) is 4.73 Å². The number of halogens is 2. The van der Waals surface area contributed by atoms with E-state index >= 15 is 0 Å². The van der Waals surface area contributed by atoms with E-state index in [1.807, 2.05) is 4.68 Å². The third-order valence-electron chi connectivity index (χ3n) is 3.18. The molecule has 0 spiro atoms. The number of rotatable bonds is 1. The molecule has 0 fully saturated rings. The molecule has 0 bridgehead atoms. The molecule has 0 radical (unpaired) electrons. The van der Waals surface area contributed by atoms with Gasteiger partial charge in [-0.3, -0.25) is 0 Å². The van der Waals surface area contributed by atoms with Crippen LogP contribution in [0.4, 0.5) is 0 Å². The SMILES string of the molecule is Cl[C@H]1C[C@@H](C2C=CC=CC2)n2nc(Br)nc21. The van der Waals surface area contributed by atoms with E-state index in [0.29, 0.717) is 16.7 Å². The maximum absolute atomic E-state index is 6.28. The van der Waals surface area contributed by atoms with Gasteiger partial charge in [-0.1, -0.05) is 24.3 Å². The molecule has 1 unspecified atom stereocenters. The lowest BCUT2D eigenvalue weighted by Gasteiger charge is -2.21. The third-order valence-corrected chi connectivity index (χ3v) is 3.89. The van der Waals surface area contributed by atoms with Gasteiger partial charge in [-0.2, -0.15) is 0 Å². The molecule has 0 aromatic carbocycles. The molecule has 0 saturated heterocycles. The van der Waals surface area contributed by atoms with Crippen LogP contribution in [0.5, 0.6) is 0 Å². The van der Waals surface area contributed by atoms with Crippen molar-refractivity contribution < 1.29 is 0 Å². The molecule has 3 atom stereocenters. The molecular formula is C11H11BrClN3. The molecular weight excluding hydrogens is 289 g/mol. The fraction of sp³-hybridized carbons (Fsp3) is 0.455. The van der Waals surface area contributed by atoms with E-state index < -0.39 is 0 Å². The van der Waals surface area contributed by atoms with E-state index in [9.17, 15) is 0 Å². The molecule has 3 nitrogen and oxygen atoms in total. The zero-order valence-corrected chi connectivity index (χ0v) is 10.9. The number of hydrogen-bond donors (Lipinski definition) is 0. The Bertz CT molecular complexity index is 466. The number of nitrogens with zero attached hydrogens (tertiary/aromatic N) is 3. The first-order chi connectivity index (χ1) is 7.75. The van der Waals surface area contributed by atoms with E-state index in [1.54, 1.807) is 0 Å². The van der Waals surface area contributed by atoms with Gasteiger partial charge in [0.05, 0.1) is 11.4 Å². The molecule has 2 aliphatic rings. The maximum Gasteiger partial charge on any atom is 0.217 e. The van der Waals surface area contributed by atoms with E-state index in [-0.39, 0.29) is 5.38 Å². The van der Waals surface area contributed by atoms with Crippen LogP contribution in [0, 0.1) is 5.92 Å². The molecule has 1 aromatic rings. The van der Waals surface area contributed by atoms with Gasteiger partial charge in [-0.25, -0.2) is 9.67 Å². The van der Waals surface area contributed by atoms with Gasteiger partial charge in [-0.15, -0.1) is 16.7 Å². The first-order valence-electron chi connectivity index (χ1n) is 5.35. The highest BCUT2D eigenvalue weighted by molar-refractivity contribution is 9.10. The van der Waals surface area contributed by atoms with Crippen LogP contribution in [-0.2, 0) is 0 Å². The largest absolute Gasteiger partial charge is 0.244 e. The molecule has 1 aliphatic heterocycles. The Morgan fingerprint density at radius 2 is 2.31 bits per heavy atom. The fourth-order valence-electron chi connectivity index (χ4n) is 2.42. The molecule has 1 aromatic heterocycles. The summed E-state index contributed by atoms with van der Waals surface area (Å²) in [5.74, 6) is 1.38. The van der Waals surface area contributed by atoms with Crippen molar-refractivity contribution in [2.45, 2.75) is 24.3 Å². The van der Waals surface area contributed by atoms with Crippen LogP contribution >= 0.6 is 27.5 Å². The Labute approximate surface area is 107 Å². The van der Waals surface area contributed by atoms with Gasteiger partial charge in [0.1, 0.15) is 5.82 Å². The van der Waals surface area contributed by atoms with Crippen molar-refractivity contribution in [1.82, 2.24) is 14.8 Å². The average Bonchev–Trinajstić information content (AvgIpc) is 2.80. The summed E-state index contributed by atoms with van der Waals surface area (Å²) in [6.45, 7) is 0. The predicted molar refractivity (Wildman–Crippen MR) is 66.4 cm³/mol. The highest BCUT2D eigenvalue weighted by Gasteiger charge is 2.36. The highest BCUT2D eigenvalue weighted by Crippen LogP contribution is 2.43. The zero-order valence-electron chi connectivity index (χ0n) is 8.55. The molecule has 0 saturated carbocycles. The van der Waals surface area contributed by atoms with Crippen molar-refractivity contribution >= 4 is 27.5 Å². The van der Waals surface area contributed by atoms with E-state index in [1.165, 1.54) is 0 Å². The van der Waals surface area contributed by atoms with E-state index in [0.717, 1.165) is 18.7 Å². The van der Waals surface area contributed by atoms with Gasteiger partial charge in [0.25, 0.3) is 0 Å². The molecule has 1 aliphatic carbocycles. The third kappa shape index (κ3) is 1.64. The minimum Gasteiger partial charge on any atom is -0.244 e. The van der Waals surface area contributed by atoms with Crippen LogP contribution in [0.2, 0.25) is 0 Å². The molecule has 5 heteroatoms. The van der Waals surface area contributed by atoms with E-state index in [2.05, 4.69) is 50.3 Å². The van der Waals surface area contributed by atoms with Gasteiger partial charge < -0.3 is 0 Å². The number of fused-ring (bicyclic) bond motifs is 1. The van der Waals surface area contributed by atoms with Crippen LogP contribution < -0.4 is 0 Å². The Hall–Kier alpha value is -0.610. The van der Waals surface area contributed by atoms with Crippen LogP contribution in [-0.4, -0.2) is 14.8 Å². The van der Waals surface area contributed by atoms with Crippen LogP contribution in [0.3, 0.4) is 0 Å². The molecule has 84 valence electrons. The van der Waals surface area contributed by atoms with Crippen molar-refractivity contribution in [3.05, 3.63) is 34.9 Å². The maximum atomic E-state index is 6.28. The zero-order chi connectivity index (χ0) is 11.1. The second-order valence-corrected chi connectivity index (χ2v) is 5.40. The summed E-state index contributed by atoms with van der Waals surface area (Å²) < 4.78 is 2.61. The number of aromatic nitrogens is 3. The van der Waals surface area contributed by atoms with E-state index in [4.69, 9.17) is 11.6 Å². The summed E-state index contributed by atoms with van der Waals surface area (Å²) in [6, 6.07) is 0.345. The number of hydrogen-bond acceptors (Lipinski definition) is 2. The summed E-state index contributed by atoms with van der Waals surface area (Å²) in [5.41, 5.74) is 0. The van der Waals surface area contributed by atoms with Crippen molar-refractivity contribution in [2.75, 3.05) is 0 Å². The summed E-state index contributed by atoms with van der Waals surface area (Å²) in [5, 5.41) is 4.37. The first kappa shape index (κ1) is 10.5. The molecule has 16 heavy (non-hydrogen) atoms. The van der Waals surface area contributed by atoms with Gasteiger partial charge in [0, 0.05) is 5.92 Å². The summed E-state index contributed by atoms with van der Waals surface area (Å²) in [6.07, 6.45) is 10.6. The summed E-state index contributed by atoms with van der Waals surface area (Å²) in [4.78, 5) is 4.31. The molecule has 3 rings (SSSR count). The molecule has 0 amide bonds. The van der Waals surface area contributed by atoms with Crippen molar-refractivity contribution in [1.29, 1.82) is 0 Å². The quantitative estimate of drug-likeness (QED) is 0.744. The highest BCUT2D eigenvalue weighted by atomic mass is 79.9. The lowest BCUT2D eigenvalue weighted by atomic mass is 9.91. The smallest absolute Gasteiger partial charge is 0.217 e. The lowest BCUT2D eigenvalue weighted by Crippen LogP contribution is -2.16. The Kier molecular flexibility index (Phi) is 2.64. The van der Waals surface area contributed by atoms with Crippen molar-refractivity contribution in [3.8, 4) is 0 Å². The monoisotopic (exact) mass is 299 g/mol. The summed E-state index contributed by atoms with van der Waals surface area (Å²) in [7, 11) is 0. The number of allylic oxidation sites excluding steroid dienone is 4. The Balaban J connectivity index is 1.93. The van der Waals surface area contributed by atoms with Gasteiger partial charge in [-0.05, 0) is 28.8 Å². The number of alkyl halides is 1. The topological polar surface area (TPSA) is 30.7 Å². The molecule has 2 heterocycles. The Morgan fingerprint density at radius 1 is 1.44 bits per heavy atom. The minimum atomic E-state index is -0.0110. The van der Waals surface area contributed by atoms with Crippen LogP contribution in [0.15, 0.2) is 29.0 Å². The van der Waals surface area contributed by atoms with Crippen LogP contribution in [0.1, 0.15) is 30.1 Å². The second kappa shape index (κ2) is 4.00. The average molecular weight is 301 g/mol. The second-order valence-electron chi connectivity index (χ2n) is 4.17. The van der Waals surface area contributed by atoms with Crippen molar-refractivity contribution in [3.63, 3.8) is 0 Å². The van der Waals surface area contributed by atoms with Gasteiger partial charge in [0.15, 0.2) is 0 Å².